The van der Waals surface area contributed by atoms with Crippen molar-refractivity contribution in [3.05, 3.63) is 5.53 Å². The Balaban J connectivity index is 2.73. The van der Waals surface area contributed by atoms with Crippen LogP contribution >= 0.6 is 11.8 Å². The van der Waals surface area contributed by atoms with Crippen LogP contribution in [0.4, 0.5) is 0 Å². The highest BCUT2D eigenvalue weighted by atomic mass is 32.2. The molecule has 0 saturated carbocycles. The summed E-state index contributed by atoms with van der Waals surface area (Å²) in [5, 5.41) is 0. The number of carbonyl (C=O) groups excluding carboxylic acids is 2. The quantitative estimate of drug-likeness (QED) is 0.232. The van der Waals surface area contributed by atoms with Crippen LogP contribution in [0.15, 0.2) is 0 Å². The molecule has 1 heterocycles. The van der Waals surface area contributed by atoms with Crippen LogP contribution in [0.25, 0.3) is 5.53 Å². The normalized spacial score (nSPS) is 16.6. The molecule has 0 aliphatic carbocycles. The van der Waals surface area contributed by atoms with Crippen molar-refractivity contribution >= 4 is 29.2 Å². The average Bonchev–Trinajstić information content (AvgIpc) is 2.30. The monoisotopic (exact) mass is 228 g/mol. The first-order valence-corrected chi connectivity index (χ1v) is 5.78. The zero-order chi connectivity index (χ0) is 11.3. The SMILES string of the molecule is COC(=O)C(=[N+]=[N-])C(=O)C1CCSCC1. The molecular weight excluding hydrogens is 216 g/mol. The van der Waals surface area contributed by atoms with E-state index in [4.69, 9.17) is 5.53 Å². The second kappa shape index (κ2) is 5.68. The number of methoxy groups -OCH3 is 1. The maximum absolute atomic E-state index is 11.7. The molecule has 0 amide bonds. The van der Waals surface area contributed by atoms with Crippen LogP contribution in [0.5, 0.6) is 0 Å². The van der Waals surface area contributed by atoms with E-state index < -0.39 is 17.5 Å². The fourth-order valence-corrected chi connectivity index (χ4v) is 2.55. The number of nitrogens with zero attached hydrogens (tertiary/aromatic N) is 2. The first-order valence-electron chi connectivity index (χ1n) is 4.63. The van der Waals surface area contributed by atoms with Crippen molar-refractivity contribution < 1.29 is 19.1 Å². The Morgan fingerprint density at radius 2 is 2.00 bits per heavy atom. The Morgan fingerprint density at radius 1 is 1.40 bits per heavy atom. The number of ketones is 1. The van der Waals surface area contributed by atoms with Gasteiger partial charge in [-0.15, -0.1) is 0 Å². The molecule has 0 unspecified atom stereocenters. The lowest BCUT2D eigenvalue weighted by Gasteiger charge is -2.17. The third kappa shape index (κ3) is 2.91. The number of rotatable bonds is 3. The van der Waals surface area contributed by atoms with E-state index in [9.17, 15) is 9.59 Å². The molecule has 0 aromatic heterocycles. The first kappa shape index (κ1) is 11.9. The van der Waals surface area contributed by atoms with Gasteiger partial charge in [0.15, 0.2) is 0 Å². The third-order valence-electron chi connectivity index (χ3n) is 2.30. The Bertz CT molecular complexity index is 317. The summed E-state index contributed by atoms with van der Waals surface area (Å²) in [4.78, 5) is 25.5. The van der Waals surface area contributed by atoms with Crippen molar-refractivity contribution in [1.29, 1.82) is 0 Å². The minimum atomic E-state index is -0.874. The molecule has 15 heavy (non-hydrogen) atoms. The zero-order valence-electron chi connectivity index (χ0n) is 8.43. The molecule has 0 aromatic rings. The molecule has 0 atom stereocenters. The topological polar surface area (TPSA) is 79.8 Å². The average molecular weight is 228 g/mol. The Morgan fingerprint density at radius 3 is 2.47 bits per heavy atom. The van der Waals surface area contributed by atoms with Gasteiger partial charge in [-0.25, -0.2) is 4.79 Å². The lowest BCUT2D eigenvalue weighted by molar-refractivity contribution is -0.140. The van der Waals surface area contributed by atoms with Gasteiger partial charge in [-0.2, -0.15) is 16.6 Å². The van der Waals surface area contributed by atoms with Gasteiger partial charge in [0.05, 0.1) is 7.11 Å². The standard InChI is InChI=1S/C9H12N2O3S/c1-14-9(13)7(11-10)8(12)6-2-4-15-5-3-6/h6H,2-5H2,1H3. The third-order valence-corrected chi connectivity index (χ3v) is 3.35. The predicted octanol–water partition coefficient (Wildman–Crippen LogP) is 0.543. The minimum Gasteiger partial charge on any atom is -0.460 e. The number of carbonyl (C=O) groups is 2. The number of hydrogen-bond donors (Lipinski definition) is 0. The van der Waals surface area contributed by atoms with Crippen LogP contribution in [-0.4, -0.2) is 40.9 Å². The van der Waals surface area contributed by atoms with Crippen molar-refractivity contribution in [2.75, 3.05) is 18.6 Å². The minimum absolute atomic E-state index is 0.212. The van der Waals surface area contributed by atoms with Gasteiger partial charge in [-0.1, -0.05) is 0 Å². The van der Waals surface area contributed by atoms with E-state index in [0.717, 1.165) is 31.5 Å². The van der Waals surface area contributed by atoms with Crippen molar-refractivity contribution in [1.82, 2.24) is 0 Å². The van der Waals surface area contributed by atoms with E-state index in [1.165, 1.54) is 0 Å². The molecule has 6 heteroatoms. The van der Waals surface area contributed by atoms with Crippen LogP contribution in [-0.2, 0) is 14.3 Å². The van der Waals surface area contributed by atoms with Crippen LogP contribution < -0.4 is 0 Å². The number of thioether (sulfide) groups is 1. The van der Waals surface area contributed by atoms with E-state index in [-0.39, 0.29) is 5.92 Å². The summed E-state index contributed by atoms with van der Waals surface area (Å²) in [6.07, 6.45) is 1.44. The van der Waals surface area contributed by atoms with E-state index >= 15 is 0 Å². The fraction of sp³-hybridized carbons (Fsp3) is 0.667. The zero-order valence-corrected chi connectivity index (χ0v) is 9.25. The van der Waals surface area contributed by atoms with E-state index in [1.54, 1.807) is 11.8 Å². The molecule has 0 radical (unpaired) electrons. The highest BCUT2D eigenvalue weighted by Gasteiger charge is 2.36. The Kier molecular flexibility index (Phi) is 4.52. The summed E-state index contributed by atoms with van der Waals surface area (Å²) in [6, 6.07) is 0. The molecule has 0 aromatic carbocycles. The van der Waals surface area contributed by atoms with Gasteiger partial charge in [0.25, 0.3) is 5.78 Å². The van der Waals surface area contributed by atoms with Crippen molar-refractivity contribution in [2.24, 2.45) is 5.92 Å². The largest absolute Gasteiger partial charge is 0.460 e. The molecule has 5 nitrogen and oxygen atoms in total. The molecule has 0 bridgehead atoms. The van der Waals surface area contributed by atoms with E-state index in [2.05, 4.69) is 9.53 Å². The van der Waals surface area contributed by atoms with Gasteiger partial charge < -0.3 is 10.3 Å². The molecule has 1 aliphatic heterocycles. The molecule has 1 aliphatic rings. The summed E-state index contributed by atoms with van der Waals surface area (Å²) in [7, 11) is 1.15. The summed E-state index contributed by atoms with van der Waals surface area (Å²) < 4.78 is 4.36. The summed E-state index contributed by atoms with van der Waals surface area (Å²) >= 11 is 1.78. The molecule has 0 N–H and O–H groups in total. The van der Waals surface area contributed by atoms with Gasteiger partial charge in [-0.3, -0.25) is 4.79 Å². The number of hydrogen-bond acceptors (Lipinski definition) is 4. The van der Waals surface area contributed by atoms with Gasteiger partial charge in [0, 0.05) is 5.92 Å². The van der Waals surface area contributed by atoms with Gasteiger partial charge >= 0.3 is 11.7 Å². The number of esters is 1. The van der Waals surface area contributed by atoms with Crippen LogP contribution in [0.3, 0.4) is 0 Å². The Hall–Kier alpha value is -1.13. The highest BCUT2D eigenvalue weighted by molar-refractivity contribution is 7.99. The second-order valence-corrected chi connectivity index (χ2v) is 4.42. The summed E-state index contributed by atoms with van der Waals surface area (Å²) in [5.74, 6) is 0.300. The fourth-order valence-electron chi connectivity index (χ4n) is 1.44. The van der Waals surface area contributed by atoms with Gasteiger partial charge in [0.1, 0.15) is 0 Å². The maximum Gasteiger partial charge on any atom is 0.441 e. The van der Waals surface area contributed by atoms with Crippen molar-refractivity contribution in [3.8, 4) is 0 Å². The van der Waals surface area contributed by atoms with Crippen LogP contribution in [0.1, 0.15) is 12.8 Å². The van der Waals surface area contributed by atoms with Gasteiger partial charge in [-0.05, 0) is 24.3 Å². The predicted molar refractivity (Wildman–Crippen MR) is 55.7 cm³/mol. The Labute approximate surface area is 91.8 Å². The summed E-state index contributed by atoms with van der Waals surface area (Å²) in [5.41, 5.74) is 8.10. The molecular formula is C9H12N2O3S. The van der Waals surface area contributed by atoms with E-state index in [0.29, 0.717) is 0 Å². The highest BCUT2D eigenvalue weighted by Crippen LogP contribution is 2.23. The number of Topliss-reactive ketones (excluding diaryl/α,β-unsaturated/α-hetero) is 1. The van der Waals surface area contributed by atoms with Crippen molar-refractivity contribution in [2.45, 2.75) is 12.8 Å². The van der Waals surface area contributed by atoms with Gasteiger partial charge in [0.2, 0.25) is 0 Å². The lowest BCUT2D eigenvalue weighted by Crippen LogP contribution is -2.33. The molecule has 82 valence electrons. The molecule has 1 rings (SSSR count). The summed E-state index contributed by atoms with van der Waals surface area (Å²) in [6.45, 7) is 0. The van der Waals surface area contributed by atoms with E-state index in [1.807, 2.05) is 0 Å². The first-order chi connectivity index (χ1) is 7.20. The number of ether oxygens (including phenoxy) is 1. The molecule has 1 fully saturated rings. The smallest absolute Gasteiger partial charge is 0.441 e. The lowest BCUT2D eigenvalue weighted by atomic mass is 9.94. The molecule has 1 saturated heterocycles. The molecule has 0 spiro atoms. The van der Waals surface area contributed by atoms with Crippen LogP contribution in [0, 0.1) is 5.92 Å². The maximum atomic E-state index is 11.7. The second-order valence-electron chi connectivity index (χ2n) is 3.19. The van der Waals surface area contributed by atoms with Crippen molar-refractivity contribution in [3.63, 3.8) is 0 Å². The van der Waals surface area contributed by atoms with Crippen LogP contribution in [0.2, 0.25) is 0 Å².